The lowest BCUT2D eigenvalue weighted by molar-refractivity contribution is 0.215. The molecule has 0 N–H and O–H groups in total. The van der Waals surface area contributed by atoms with Crippen molar-refractivity contribution in [1.82, 2.24) is 9.88 Å². The molecule has 2 unspecified atom stereocenters. The summed E-state index contributed by atoms with van der Waals surface area (Å²) in [5.41, 5.74) is 12.9. The molecule has 1 aliphatic heterocycles. The highest BCUT2D eigenvalue weighted by atomic mass is 15.2. The minimum atomic E-state index is 0.316. The third kappa shape index (κ3) is 9.78. The summed E-state index contributed by atoms with van der Waals surface area (Å²) in [6, 6.07) is 27.7. The quantitative estimate of drug-likeness (QED) is 0.154. The minimum Gasteiger partial charge on any atom is -0.356 e. The number of rotatable bonds is 11. The first-order valence-corrected chi connectivity index (χ1v) is 17.6. The lowest BCUT2D eigenvalue weighted by atomic mass is 9.86. The Morgan fingerprint density at radius 3 is 2.00 bits per heavy atom. The number of nitrogens with zero attached hydrogens (tertiary/aromatic N) is 3. The Hall–Kier alpha value is -3.95. The molecule has 2 atom stereocenters. The summed E-state index contributed by atoms with van der Waals surface area (Å²) in [5, 5.41) is 0. The van der Waals surface area contributed by atoms with Crippen LogP contribution in [0.15, 0.2) is 98.1 Å². The number of aryl methyl sites for hydroxylation is 4. The molecular formula is C44H59N3. The molecule has 1 fully saturated rings. The van der Waals surface area contributed by atoms with Crippen molar-refractivity contribution in [2.24, 2.45) is 0 Å². The van der Waals surface area contributed by atoms with Crippen LogP contribution in [0.4, 0.5) is 5.82 Å². The molecule has 0 saturated carbocycles. The van der Waals surface area contributed by atoms with Gasteiger partial charge in [-0.25, -0.2) is 4.98 Å². The highest BCUT2D eigenvalue weighted by Gasteiger charge is 2.25. The van der Waals surface area contributed by atoms with E-state index in [0.29, 0.717) is 12.0 Å². The van der Waals surface area contributed by atoms with Gasteiger partial charge in [-0.15, -0.1) is 13.2 Å². The fourth-order valence-corrected chi connectivity index (χ4v) is 6.34. The van der Waals surface area contributed by atoms with E-state index in [9.17, 15) is 0 Å². The fourth-order valence-electron chi connectivity index (χ4n) is 6.34. The molecule has 0 aliphatic carbocycles. The summed E-state index contributed by atoms with van der Waals surface area (Å²) in [7, 11) is 2.26. The molecular weight excluding hydrogens is 571 g/mol. The normalized spacial score (nSPS) is 13.4. The predicted molar refractivity (Wildman–Crippen MR) is 208 cm³/mol. The zero-order chi connectivity index (χ0) is 34.5. The van der Waals surface area contributed by atoms with Crippen molar-refractivity contribution >= 4 is 5.82 Å². The zero-order valence-corrected chi connectivity index (χ0v) is 30.7. The Labute approximate surface area is 287 Å². The van der Waals surface area contributed by atoms with Gasteiger partial charge in [0.05, 0.1) is 5.69 Å². The SMILES string of the molecule is C=CC.C=CCC(c1cc(C)cc(C)c1)C(C)N(C)Cc1nc(N2CCC2)ccc1-c1cc(-c2ccc(C)cc2)ccc1CC.CC. The van der Waals surface area contributed by atoms with Gasteiger partial charge in [0, 0.05) is 37.2 Å². The van der Waals surface area contributed by atoms with Crippen LogP contribution < -0.4 is 4.90 Å². The monoisotopic (exact) mass is 629 g/mol. The largest absolute Gasteiger partial charge is 0.356 e. The van der Waals surface area contributed by atoms with Crippen LogP contribution in [0.5, 0.6) is 0 Å². The van der Waals surface area contributed by atoms with E-state index in [4.69, 9.17) is 4.98 Å². The number of pyridine rings is 1. The molecule has 0 amide bonds. The van der Waals surface area contributed by atoms with Crippen molar-refractivity contribution in [2.45, 2.75) is 93.2 Å². The molecule has 3 aromatic carbocycles. The molecule has 0 spiro atoms. The molecule has 0 radical (unpaired) electrons. The summed E-state index contributed by atoms with van der Waals surface area (Å²) in [6.07, 6.45) is 7.00. The van der Waals surface area contributed by atoms with Crippen molar-refractivity contribution in [2.75, 3.05) is 25.0 Å². The fraction of sp³-hybridized carbons (Fsp3) is 0.386. The molecule has 5 rings (SSSR count). The van der Waals surface area contributed by atoms with E-state index in [0.717, 1.165) is 44.0 Å². The summed E-state index contributed by atoms with van der Waals surface area (Å²) in [4.78, 5) is 10.2. The Bertz CT molecular complexity index is 1560. The number of benzene rings is 3. The van der Waals surface area contributed by atoms with Gasteiger partial charge in [0.2, 0.25) is 0 Å². The number of allylic oxidation sites excluding steroid dienone is 2. The topological polar surface area (TPSA) is 19.4 Å². The van der Waals surface area contributed by atoms with Gasteiger partial charge in [0.1, 0.15) is 5.82 Å². The second kappa shape index (κ2) is 18.4. The molecule has 4 aromatic rings. The lowest BCUT2D eigenvalue weighted by Crippen LogP contribution is -2.38. The summed E-state index contributed by atoms with van der Waals surface area (Å²) in [5.74, 6) is 1.47. The smallest absolute Gasteiger partial charge is 0.128 e. The molecule has 250 valence electrons. The van der Waals surface area contributed by atoms with Gasteiger partial charge in [-0.1, -0.05) is 104 Å². The van der Waals surface area contributed by atoms with Crippen molar-refractivity contribution in [3.8, 4) is 22.3 Å². The first-order chi connectivity index (χ1) is 22.7. The van der Waals surface area contributed by atoms with Gasteiger partial charge in [-0.05, 0) is 107 Å². The second-order valence-electron chi connectivity index (χ2n) is 12.7. The Morgan fingerprint density at radius 2 is 1.45 bits per heavy atom. The molecule has 3 nitrogen and oxygen atoms in total. The Morgan fingerprint density at radius 1 is 0.830 bits per heavy atom. The average Bonchev–Trinajstić information content (AvgIpc) is 3.03. The van der Waals surface area contributed by atoms with Crippen molar-refractivity contribution < 1.29 is 0 Å². The van der Waals surface area contributed by atoms with Gasteiger partial charge in [-0.3, -0.25) is 4.90 Å². The van der Waals surface area contributed by atoms with Crippen LogP contribution in [-0.2, 0) is 13.0 Å². The van der Waals surface area contributed by atoms with Crippen molar-refractivity contribution in [3.63, 3.8) is 0 Å². The average molecular weight is 630 g/mol. The number of hydrogen-bond donors (Lipinski definition) is 0. The third-order valence-corrected chi connectivity index (χ3v) is 9.07. The predicted octanol–water partition coefficient (Wildman–Crippen LogP) is 11.5. The first-order valence-electron chi connectivity index (χ1n) is 17.6. The molecule has 2 heterocycles. The van der Waals surface area contributed by atoms with Gasteiger partial charge in [0.25, 0.3) is 0 Å². The number of likely N-dealkylation sites (N-methyl/N-ethyl adjacent to an activating group) is 1. The van der Waals surface area contributed by atoms with Gasteiger partial charge < -0.3 is 4.90 Å². The zero-order valence-electron chi connectivity index (χ0n) is 30.7. The number of aromatic nitrogens is 1. The van der Waals surface area contributed by atoms with E-state index in [1.54, 1.807) is 6.08 Å². The van der Waals surface area contributed by atoms with E-state index in [2.05, 4.69) is 143 Å². The van der Waals surface area contributed by atoms with Crippen LogP contribution >= 0.6 is 0 Å². The number of hydrogen-bond acceptors (Lipinski definition) is 3. The molecule has 1 aliphatic rings. The maximum Gasteiger partial charge on any atom is 0.128 e. The molecule has 3 heteroatoms. The van der Waals surface area contributed by atoms with E-state index in [-0.39, 0.29) is 0 Å². The highest BCUT2D eigenvalue weighted by Crippen LogP contribution is 2.35. The molecule has 0 bridgehead atoms. The maximum absolute atomic E-state index is 5.35. The number of anilines is 1. The van der Waals surface area contributed by atoms with Gasteiger partial charge >= 0.3 is 0 Å². The molecule has 1 aromatic heterocycles. The van der Waals surface area contributed by atoms with Crippen LogP contribution in [0.25, 0.3) is 22.3 Å². The van der Waals surface area contributed by atoms with E-state index in [1.165, 1.54) is 56.5 Å². The third-order valence-electron chi connectivity index (χ3n) is 9.07. The van der Waals surface area contributed by atoms with Gasteiger partial charge in [-0.2, -0.15) is 0 Å². The molecule has 1 saturated heterocycles. The van der Waals surface area contributed by atoms with Crippen LogP contribution in [0.3, 0.4) is 0 Å². The van der Waals surface area contributed by atoms with Crippen LogP contribution in [0.2, 0.25) is 0 Å². The van der Waals surface area contributed by atoms with Crippen molar-refractivity contribution in [1.29, 1.82) is 0 Å². The summed E-state index contributed by atoms with van der Waals surface area (Å²) < 4.78 is 0. The van der Waals surface area contributed by atoms with Crippen LogP contribution in [0.1, 0.15) is 86.9 Å². The first kappa shape index (κ1) is 37.5. The van der Waals surface area contributed by atoms with E-state index < -0.39 is 0 Å². The second-order valence-corrected chi connectivity index (χ2v) is 12.7. The van der Waals surface area contributed by atoms with Crippen LogP contribution in [0, 0.1) is 20.8 Å². The van der Waals surface area contributed by atoms with Crippen LogP contribution in [-0.4, -0.2) is 36.1 Å². The standard InChI is InChI=1S/C39H47N3.C3H6.C2H6/c1-8-11-35(34-23-28(4)22-29(5)24-34)30(6)41(7)26-38-36(18-19-39(40-38)42-20-10-21-42)37-25-33(17-16-31(37)9-2)32-14-12-27(3)13-15-32;1-3-2;1-2/h8,12-19,22-25,30,35H,1,9-11,20-21,26H2,2-7H3;3H,1H2,2H3;1-2H3. The van der Waals surface area contributed by atoms with E-state index >= 15 is 0 Å². The minimum absolute atomic E-state index is 0.316. The summed E-state index contributed by atoms with van der Waals surface area (Å²) in [6.45, 7) is 27.5. The Kier molecular flexibility index (Phi) is 14.7. The Balaban J connectivity index is 0.00000114. The van der Waals surface area contributed by atoms with Crippen molar-refractivity contribution in [3.05, 3.63) is 132 Å². The lowest BCUT2D eigenvalue weighted by Gasteiger charge is -2.34. The maximum atomic E-state index is 5.35. The summed E-state index contributed by atoms with van der Waals surface area (Å²) >= 11 is 0. The highest BCUT2D eigenvalue weighted by molar-refractivity contribution is 5.77. The van der Waals surface area contributed by atoms with E-state index in [1.807, 2.05) is 20.8 Å². The van der Waals surface area contributed by atoms with Gasteiger partial charge in [0.15, 0.2) is 0 Å². The molecule has 47 heavy (non-hydrogen) atoms.